The van der Waals surface area contributed by atoms with Gasteiger partial charge in [-0.05, 0) is 42.8 Å². The summed E-state index contributed by atoms with van der Waals surface area (Å²) < 4.78 is 13.5. The highest BCUT2D eigenvalue weighted by Crippen LogP contribution is 2.32. The van der Waals surface area contributed by atoms with Crippen molar-refractivity contribution < 1.29 is 4.39 Å². The average Bonchev–Trinajstić information content (AvgIpc) is 2.49. The predicted octanol–water partition coefficient (Wildman–Crippen LogP) is 3.90. The second-order valence-corrected chi connectivity index (χ2v) is 4.89. The van der Waals surface area contributed by atoms with Crippen molar-refractivity contribution in [2.45, 2.75) is 19.4 Å². The van der Waals surface area contributed by atoms with Crippen LogP contribution in [0.1, 0.15) is 24.9 Å². The molecule has 0 saturated carbocycles. The normalized spacial score (nSPS) is 11.7. The molecule has 0 aliphatic carbocycles. The molecule has 108 valence electrons. The molecule has 2 N–H and O–H groups in total. The van der Waals surface area contributed by atoms with E-state index in [0.717, 1.165) is 16.9 Å². The van der Waals surface area contributed by atoms with Crippen LogP contribution in [0, 0.1) is 17.1 Å². The Balaban J connectivity index is 2.49. The molecule has 0 aliphatic rings. The van der Waals surface area contributed by atoms with Crippen LogP contribution in [-0.4, -0.2) is 6.54 Å². The van der Waals surface area contributed by atoms with Crippen molar-refractivity contribution in [2.75, 3.05) is 11.4 Å². The molecule has 1 atom stereocenters. The molecule has 3 nitrogen and oxygen atoms in total. The molecule has 2 aromatic rings. The van der Waals surface area contributed by atoms with Gasteiger partial charge in [0, 0.05) is 24.0 Å². The maximum atomic E-state index is 13.5. The molecule has 0 heterocycles. The van der Waals surface area contributed by atoms with E-state index in [0.29, 0.717) is 13.0 Å². The quantitative estimate of drug-likeness (QED) is 0.905. The SMILES string of the molecule is C[C@@H](N)c1cc(F)ccc1N(CCC#N)c1ccccc1. The van der Waals surface area contributed by atoms with Crippen LogP contribution in [0.2, 0.25) is 0 Å². The summed E-state index contributed by atoms with van der Waals surface area (Å²) in [5.74, 6) is -0.306. The molecule has 0 amide bonds. The molecule has 0 bridgehead atoms. The van der Waals surface area contributed by atoms with Crippen molar-refractivity contribution in [3.05, 3.63) is 59.9 Å². The van der Waals surface area contributed by atoms with Crippen LogP contribution in [0.4, 0.5) is 15.8 Å². The highest BCUT2D eigenvalue weighted by molar-refractivity contribution is 5.67. The Morgan fingerprint density at radius 1 is 1.24 bits per heavy atom. The Hall–Kier alpha value is -2.38. The summed E-state index contributed by atoms with van der Waals surface area (Å²) in [5, 5.41) is 8.87. The first-order chi connectivity index (χ1) is 10.1. The number of hydrogen-bond donors (Lipinski definition) is 1. The van der Waals surface area contributed by atoms with Gasteiger partial charge in [0.25, 0.3) is 0 Å². The van der Waals surface area contributed by atoms with E-state index in [1.807, 2.05) is 42.2 Å². The highest BCUT2D eigenvalue weighted by Gasteiger charge is 2.16. The van der Waals surface area contributed by atoms with E-state index >= 15 is 0 Å². The Bertz CT molecular complexity index is 632. The first-order valence-corrected chi connectivity index (χ1v) is 6.88. The monoisotopic (exact) mass is 283 g/mol. The number of nitrogens with zero attached hydrogens (tertiary/aromatic N) is 2. The van der Waals surface area contributed by atoms with Gasteiger partial charge in [-0.2, -0.15) is 5.26 Å². The summed E-state index contributed by atoms with van der Waals surface area (Å²) in [6.45, 7) is 2.36. The van der Waals surface area contributed by atoms with Gasteiger partial charge >= 0.3 is 0 Å². The fraction of sp³-hybridized carbons (Fsp3) is 0.235. The topological polar surface area (TPSA) is 53.0 Å². The van der Waals surface area contributed by atoms with Gasteiger partial charge < -0.3 is 10.6 Å². The van der Waals surface area contributed by atoms with Gasteiger partial charge in [0.2, 0.25) is 0 Å². The summed E-state index contributed by atoms with van der Waals surface area (Å²) in [4.78, 5) is 2.00. The number of nitriles is 1. The molecule has 0 saturated heterocycles. The zero-order valence-electron chi connectivity index (χ0n) is 12.0. The first kappa shape index (κ1) is 15.0. The van der Waals surface area contributed by atoms with Crippen LogP contribution in [0.25, 0.3) is 0 Å². The molecular weight excluding hydrogens is 265 g/mol. The molecule has 0 aliphatic heterocycles. The van der Waals surface area contributed by atoms with Gasteiger partial charge in [0.1, 0.15) is 5.82 Å². The lowest BCUT2D eigenvalue weighted by Gasteiger charge is -2.27. The van der Waals surface area contributed by atoms with Crippen LogP contribution < -0.4 is 10.6 Å². The third kappa shape index (κ3) is 3.59. The standard InChI is InChI=1S/C17H18FN3/c1-13(20)16-12-14(18)8-9-17(16)21(11-5-10-19)15-6-3-2-4-7-15/h2-4,6-9,12-13H,5,11,20H2,1H3/t13-/m1/s1. The van der Waals surface area contributed by atoms with E-state index in [1.165, 1.54) is 12.1 Å². The molecule has 2 aromatic carbocycles. The predicted molar refractivity (Wildman–Crippen MR) is 82.7 cm³/mol. The maximum absolute atomic E-state index is 13.5. The first-order valence-electron chi connectivity index (χ1n) is 6.88. The molecule has 0 fully saturated rings. The van der Waals surface area contributed by atoms with Crippen molar-refractivity contribution in [1.82, 2.24) is 0 Å². The molecule has 0 aromatic heterocycles. The van der Waals surface area contributed by atoms with Crippen LogP contribution in [0.3, 0.4) is 0 Å². The van der Waals surface area contributed by atoms with E-state index in [4.69, 9.17) is 11.0 Å². The number of rotatable bonds is 5. The Morgan fingerprint density at radius 3 is 2.57 bits per heavy atom. The van der Waals surface area contributed by atoms with E-state index in [2.05, 4.69) is 6.07 Å². The number of anilines is 2. The molecule has 2 rings (SSSR count). The van der Waals surface area contributed by atoms with Gasteiger partial charge in [-0.3, -0.25) is 0 Å². The molecule has 21 heavy (non-hydrogen) atoms. The second-order valence-electron chi connectivity index (χ2n) is 4.89. The van der Waals surface area contributed by atoms with E-state index < -0.39 is 0 Å². The van der Waals surface area contributed by atoms with Gasteiger partial charge in [-0.15, -0.1) is 0 Å². The third-order valence-corrected chi connectivity index (χ3v) is 3.29. The molecule has 0 radical (unpaired) electrons. The van der Waals surface area contributed by atoms with Crippen molar-refractivity contribution in [2.24, 2.45) is 5.73 Å². The number of nitrogens with two attached hydrogens (primary N) is 1. The van der Waals surface area contributed by atoms with Gasteiger partial charge in [0.05, 0.1) is 12.5 Å². The fourth-order valence-electron chi connectivity index (χ4n) is 2.29. The van der Waals surface area contributed by atoms with E-state index in [-0.39, 0.29) is 11.9 Å². The Labute approximate surface area is 124 Å². The fourth-order valence-corrected chi connectivity index (χ4v) is 2.29. The lowest BCUT2D eigenvalue weighted by Crippen LogP contribution is -2.21. The summed E-state index contributed by atoms with van der Waals surface area (Å²) in [6.07, 6.45) is 0.380. The lowest BCUT2D eigenvalue weighted by atomic mass is 10.0. The minimum atomic E-state index is -0.306. The van der Waals surface area contributed by atoms with Gasteiger partial charge in [-0.1, -0.05) is 18.2 Å². The molecule has 0 spiro atoms. The largest absolute Gasteiger partial charge is 0.340 e. The molecule has 0 unspecified atom stereocenters. The summed E-state index contributed by atoms with van der Waals surface area (Å²) in [7, 11) is 0. The minimum Gasteiger partial charge on any atom is -0.340 e. The van der Waals surface area contributed by atoms with Crippen LogP contribution in [-0.2, 0) is 0 Å². The highest BCUT2D eigenvalue weighted by atomic mass is 19.1. The average molecular weight is 283 g/mol. The Kier molecular flexibility index (Phi) is 4.91. The smallest absolute Gasteiger partial charge is 0.123 e. The van der Waals surface area contributed by atoms with Crippen molar-refractivity contribution in [1.29, 1.82) is 5.26 Å². The lowest BCUT2D eigenvalue weighted by molar-refractivity contribution is 0.622. The third-order valence-electron chi connectivity index (χ3n) is 3.29. The van der Waals surface area contributed by atoms with Crippen LogP contribution >= 0.6 is 0 Å². The maximum Gasteiger partial charge on any atom is 0.123 e. The van der Waals surface area contributed by atoms with Crippen molar-refractivity contribution in [3.8, 4) is 6.07 Å². The number of para-hydroxylation sites is 1. The van der Waals surface area contributed by atoms with Crippen LogP contribution in [0.15, 0.2) is 48.5 Å². The van der Waals surface area contributed by atoms with Gasteiger partial charge in [0.15, 0.2) is 0 Å². The summed E-state index contributed by atoms with van der Waals surface area (Å²) in [6, 6.07) is 16.2. The van der Waals surface area contributed by atoms with Crippen molar-refractivity contribution in [3.63, 3.8) is 0 Å². The zero-order valence-corrected chi connectivity index (χ0v) is 12.0. The summed E-state index contributed by atoms with van der Waals surface area (Å²) >= 11 is 0. The molecular formula is C17H18FN3. The van der Waals surface area contributed by atoms with E-state index in [9.17, 15) is 4.39 Å². The van der Waals surface area contributed by atoms with Crippen LogP contribution in [0.5, 0.6) is 0 Å². The second kappa shape index (κ2) is 6.87. The number of halogens is 1. The molecule has 4 heteroatoms. The number of hydrogen-bond acceptors (Lipinski definition) is 3. The Morgan fingerprint density at radius 2 is 1.95 bits per heavy atom. The van der Waals surface area contributed by atoms with E-state index in [1.54, 1.807) is 6.07 Å². The summed E-state index contributed by atoms with van der Waals surface area (Å²) in [5.41, 5.74) is 8.50. The van der Waals surface area contributed by atoms with Crippen molar-refractivity contribution >= 4 is 11.4 Å². The zero-order chi connectivity index (χ0) is 15.2. The number of benzene rings is 2. The minimum absolute atomic E-state index is 0.288. The van der Waals surface area contributed by atoms with Gasteiger partial charge in [-0.25, -0.2) is 4.39 Å².